The average molecular weight is 227 g/mol. The fraction of sp³-hybridized carbons (Fsp3) is 0.917. The van der Waals surface area contributed by atoms with Crippen LogP contribution in [0.25, 0.3) is 0 Å². The Morgan fingerprint density at radius 1 is 1.56 bits per heavy atom. The molecule has 1 saturated heterocycles. The molecule has 0 spiro atoms. The van der Waals surface area contributed by atoms with E-state index >= 15 is 0 Å². The molecule has 16 heavy (non-hydrogen) atoms. The van der Waals surface area contributed by atoms with Crippen molar-refractivity contribution in [3.05, 3.63) is 0 Å². The predicted octanol–water partition coefficient (Wildman–Crippen LogP) is 0.524. The summed E-state index contributed by atoms with van der Waals surface area (Å²) in [5.41, 5.74) is 5.42. The van der Waals surface area contributed by atoms with Crippen LogP contribution in [0.3, 0.4) is 0 Å². The molecule has 0 aromatic heterocycles. The summed E-state index contributed by atoms with van der Waals surface area (Å²) in [4.78, 5) is 16.1. The zero-order valence-electron chi connectivity index (χ0n) is 10.8. The van der Waals surface area contributed by atoms with Crippen molar-refractivity contribution in [2.24, 2.45) is 11.7 Å². The lowest BCUT2D eigenvalue weighted by Gasteiger charge is -2.41. The molecule has 1 amide bonds. The van der Waals surface area contributed by atoms with Gasteiger partial charge in [0.15, 0.2) is 0 Å². The highest BCUT2D eigenvalue weighted by Gasteiger charge is 2.30. The molecule has 1 aliphatic rings. The molecule has 2 N–H and O–H groups in total. The van der Waals surface area contributed by atoms with Crippen molar-refractivity contribution in [3.8, 4) is 0 Å². The van der Waals surface area contributed by atoms with E-state index in [0.29, 0.717) is 24.9 Å². The summed E-state index contributed by atoms with van der Waals surface area (Å²) in [6, 6.07) is 0.391. The largest absolute Gasteiger partial charge is 0.342 e. The van der Waals surface area contributed by atoms with Gasteiger partial charge in [-0.25, -0.2) is 0 Å². The smallest absolute Gasteiger partial charge is 0.223 e. The summed E-state index contributed by atoms with van der Waals surface area (Å²) in [7, 11) is 1.92. The first-order valence-electron chi connectivity index (χ1n) is 6.28. The SMILES string of the molecule is CCN1CCC(N(C)C(=O)CCN)C(C)C1. The number of hydrogen-bond acceptors (Lipinski definition) is 3. The molecule has 4 heteroatoms. The maximum Gasteiger partial charge on any atom is 0.223 e. The van der Waals surface area contributed by atoms with Gasteiger partial charge in [0, 0.05) is 39.1 Å². The molecule has 94 valence electrons. The minimum absolute atomic E-state index is 0.185. The molecule has 1 aliphatic heterocycles. The van der Waals surface area contributed by atoms with Crippen molar-refractivity contribution in [2.45, 2.75) is 32.7 Å². The lowest BCUT2D eigenvalue weighted by atomic mass is 9.92. The first-order chi connectivity index (χ1) is 7.60. The number of hydrogen-bond donors (Lipinski definition) is 1. The Hall–Kier alpha value is -0.610. The zero-order chi connectivity index (χ0) is 12.1. The van der Waals surface area contributed by atoms with Crippen LogP contribution in [0.1, 0.15) is 26.7 Å². The van der Waals surface area contributed by atoms with Gasteiger partial charge in [-0.05, 0) is 18.9 Å². The predicted molar refractivity (Wildman–Crippen MR) is 66.1 cm³/mol. The van der Waals surface area contributed by atoms with Crippen LogP contribution >= 0.6 is 0 Å². The van der Waals surface area contributed by atoms with Gasteiger partial charge in [-0.2, -0.15) is 0 Å². The molecule has 0 radical (unpaired) electrons. The normalized spacial score (nSPS) is 26.8. The number of carbonyl (C=O) groups excluding carboxylic acids is 1. The Morgan fingerprint density at radius 2 is 2.25 bits per heavy atom. The van der Waals surface area contributed by atoms with Crippen molar-refractivity contribution >= 4 is 5.91 Å². The van der Waals surface area contributed by atoms with E-state index < -0.39 is 0 Å². The number of piperidine rings is 1. The van der Waals surface area contributed by atoms with Gasteiger partial charge in [-0.3, -0.25) is 4.79 Å². The first kappa shape index (κ1) is 13.5. The molecule has 1 rings (SSSR count). The van der Waals surface area contributed by atoms with Gasteiger partial charge in [0.2, 0.25) is 5.91 Å². The van der Waals surface area contributed by atoms with Crippen molar-refractivity contribution in [1.82, 2.24) is 9.80 Å². The fourth-order valence-electron chi connectivity index (χ4n) is 2.57. The molecule has 4 nitrogen and oxygen atoms in total. The highest BCUT2D eigenvalue weighted by Crippen LogP contribution is 2.21. The maximum absolute atomic E-state index is 11.8. The second-order valence-electron chi connectivity index (χ2n) is 4.77. The molecule has 0 saturated carbocycles. The molecular formula is C12H25N3O. The Morgan fingerprint density at radius 3 is 2.75 bits per heavy atom. The van der Waals surface area contributed by atoms with Crippen LogP contribution in [0.4, 0.5) is 0 Å². The number of nitrogens with zero attached hydrogens (tertiary/aromatic N) is 2. The van der Waals surface area contributed by atoms with E-state index in [2.05, 4.69) is 18.7 Å². The van der Waals surface area contributed by atoms with Gasteiger partial charge in [0.05, 0.1) is 0 Å². The van der Waals surface area contributed by atoms with Crippen molar-refractivity contribution < 1.29 is 4.79 Å². The lowest BCUT2D eigenvalue weighted by molar-refractivity contribution is -0.133. The average Bonchev–Trinajstić information content (AvgIpc) is 2.28. The molecule has 0 bridgehead atoms. The number of likely N-dealkylation sites (tertiary alicyclic amines) is 1. The highest BCUT2D eigenvalue weighted by atomic mass is 16.2. The Bertz CT molecular complexity index is 232. The monoisotopic (exact) mass is 227 g/mol. The number of carbonyl (C=O) groups is 1. The topological polar surface area (TPSA) is 49.6 Å². The van der Waals surface area contributed by atoms with Crippen molar-refractivity contribution in [1.29, 1.82) is 0 Å². The lowest BCUT2D eigenvalue weighted by Crippen LogP contribution is -2.50. The third kappa shape index (κ3) is 3.19. The summed E-state index contributed by atoms with van der Waals surface area (Å²) in [5.74, 6) is 0.740. The van der Waals surface area contributed by atoms with Gasteiger partial charge in [-0.15, -0.1) is 0 Å². The van der Waals surface area contributed by atoms with Crippen LogP contribution < -0.4 is 5.73 Å². The van der Waals surface area contributed by atoms with E-state index in [1.807, 2.05) is 11.9 Å². The van der Waals surface area contributed by atoms with Crippen LogP contribution in [0.5, 0.6) is 0 Å². The third-order valence-corrected chi connectivity index (χ3v) is 3.64. The van der Waals surface area contributed by atoms with Gasteiger partial charge in [-0.1, -0.05) is 13.8 Å². The summed E-state index contributed by atoms with van der Waals surface area (Å²) >= 11 is 0. The Kier molecular flexibility index (Phi) is 5.22. The fourth-order valence-corrected chi connectivity index (χ4v) is 2.57. The highest BCUT2D eigenvalue weighted by molar-refractivity contribution is 5.76. The van der Waals surface area contributed by atoms with Crippen LogP contribution in [-0.4, -0.2) is 55.0 Å². The molecular weight excluding hydrogens is 202 g/mol. The standard InChI is InChI=1S/C12H25N3O/c1-4-15-8-6-11(10(2)9-15)14(3)12(16)5-7-13/h10-11H,4-9,13H2,1-3H3. The number of rotatable bonds is 4. The van der Waals surface area contributed by atoms with Crippen LogP contribution in [-0.2, 0) is 4.79 Å². The summed E-state index contributed by atoms with van der Waals surface area (Å²) in [6.45, 7) is 8.19. The van der Waals surface area contributed by atoms with E-state index in [0.717, 1.165) is 26.1 Å². The van der Waals surface area contributed by atoms with Crippen LogP contribution in [0.2, 0.25) is 0 Å². The van der Waals surface area contributed by atoms with Crippen LogP contribution in [0.15, 0.2) is 0 Å². The summed E-state index contributed by atoms with van der Waals surface area (Å²) in [5, 5.41) is 0. The second kappa shape index (κ2) is 6.21. The zero-order valence-corrected chi connectivity index (χ0v) is 10.8. The molecule has 0 aromatic rings. The minimum atomic E-state index is 0.185. The molecule has 1 heterocycles. The van der Waals surface area contributed by atoms with E-state index in [-0.39, 0.29) is 5.91 Å². The molecule has 1 fully saturated rings. The van der Waals surface area contributed by atoms with Gasteiger partial charge in [0.25, 0.3) is 0 Å². The van der Waals surface area contributed by atoms with E-state index in [9.17, 15) is 4.79 Å². The first-order valence-corrected chi connectivity index (χ1v) is 6.28. The molecule has 0 aromatic carbocycles. The molecule has 2 unspecified atom stereocenters. The maximum atomic E-state index is 11.8. The molecule has 2 atom stereocenters. The Balaban J connectivity index is 2.51. The van der Waals surface area contributed by atoms with Gasteiger partial charge < -0.3 is 15.5 Å². The molecule has 0 aliphatic carbocycles. The Labute approximate surface area is 98.8 Å². The number of amides is 1. The third-order valence-electron chi connectivity index (χ3n) is 3.64. The minimum Gasteiger partial charge on any atom is -0.342 e. The van der Waals surface area contributed by atoms with Gasteiger partial charge in [0.1, 0.15) is 0 Å². The number of nitrogens with two attached hydrogens (primary N) is 1. The summed E-state index contributed by atoms with van der Waals surface area (Å²) in [6.07, 6.45) is 1.55. The van der Waals surface area contributed by atoms with Crippen molar-refractivity contribution in [3.63, 3.8) is 0 Å². The van der Waals surface area contributed by atoms with E-state index in [1.54, 1.807) is 0 Å². The van der Waals surface area contributed by atoms with Crippen molar-refractivity contribution in [2.75, 3.05) is 33.2 Å². The van der Waals surface area contributed by atoms with Crippen LogP contribution in [0, 0.1) is 5.92 Å². The van der Waals surface area contributed by atoms with E-state index in [4.69, 9.17) is 5.73 Å². The summed E-state index contributed by atoms with van der Waals surface area (Å²) < 4.78 is 0. The second-order valence-corrected chi connectivity index (χ2v) is 4.77. The quantitative estimate of drug-likeness (QED) is 0.762. The van der Waals surface area contributed by atoms with Gasteiger partial charge >= 0.3 is 0 Å². The van der Waals surface area contributed by atoms with E-state index in [1.165, 1.54) is 0 Å².